The standard InChI is InChI=1S/C15H14N2O2/c1-19-13-6-4-11(5-7-13)9-17-10-12-3-2-8-16-14(12)15(17)18/h2-8H,9-10H2,1H3. The molecule has 0 N–H and O–H groups in total. The molecule has 2 aromatic rings. The summed E-state index contributed by atoms with van der Waals surface area (Å²) >= 11 is 0. The highest BCUT2D eigenvalue weighted by atomic mass is 16.5. The minimum Gasteiger partial charge on any atom is -0.497 e. The van der Waals surface area contributed by atoms with Gasteiger partial charge in [0.1, 0.15) is 11.4 Å². The van der Waals surface area contributed by atoms with Gasteiger partial charge in [-0.05, 0) is 23.8 Å². The Balaban J connectivity index is 1.77. The molecule has 0 unspecified atom stereocenters. The topological polar surface area (TPSA) is 42.4 Å². The molecule has 0 spiro atoms. The lowest BCUT2D eigenvalue weighted by Crippen LogP contribution is -2.23. The van der Waals surface area contributed by atoms with Gasteiger partial charge in [0.25, 0.3) is 5.91 Å². The van der Waals surface area contributed by atoms with Crippen LogP contribution in [0.15, 0.2) is 42.6 Å². The Kier molecular flexibility index (Phi) is 2.91. The van der Waals surface area contributed by atoms with Crippen LogP contribution in [0.2, 0.25) is 0 Å². The first-order valence-corrected chi connectivity index (χ1v) is 6.14. The number of methoxy groups -OCH3 is 1. The van der Waals surface area contributed by atoms with Crippen LogP contribution in [0.5, 0.6) is 5.75 Å². The molecule has 2 heterocycles. The smallest absolute Gasteiger partial charge is 0.273 e. The maximum absolute atomic E-state index is 12.2. The number of hydrogen-bond donors (Lipinski definition) is 0. The molecule has 1 aliphatic heterocycles. The number of carbonyl (C=O) groups is 1. The Bertz CT molecular complexity index is 608. The maximum atomic E-state index is 12.2. The van der Waals surface area contributed by atoms with Crippen LogP contribution in [0.25, 0.3) is 0 Å². The van der Waals surface area contributed by atoms with Crippen LogP contribution in [-0.4, -0.2) is 22.9 Å². The van der Waals surface area contributed by atoms with E-state index in [-0.39, 0.29) is 5.91 Å². The summed E-state index contributed by atoms with van der Waals surface area (Å²) in [5, 5.41) is 0. The van der Waals surface area contributed by atoms with Gasteiger partial charge in [-0.25, -0.2) is 0 Å². The summed E-state index contributed by atoms with van der Waals surface area (Å²) in [4.78, 5) is 18.1. The van der Waals surface area contributed by atoms with Gasteiger partial charge in [-0.3, -0.25) is 9.78 Å². The second-order valence-electron chi connectivity index (χ2n) is 4.52. The third-order valence-electron chi connectivity index (χ3n) is 3.27. The van der Waals surface area contributed by atoms with Crippen LogP contribution in [0.4, 0.5) is 0 Å². The van der Waals surface area contributed by atoms with E-state index in [1.165, 1.54) is 0 Å². The van der Waals surface area contributed by atoms with Crippen LogP contribution >= 0.6 is 0 Å². The van der Waals surface area contributed by atoms with Crippen molar-refractivity contribution in [2.75, 3.05) is 7.11 Å². The minimum absolute atomic E-state index is 0.00594. The highest BCUT2D eigenvalue weighted by Gasteiger charge is 2.28. The molecule has 4 heteroatoms. The molecule has 0 saturated heterocycles. The molecule has 96 valence electrons. The molecule has 0 aliphatic carbocycles. The zero-order valence-electron chi connectivity index (χ0n) is 10.7. The molecule has 0 saturated carbocycles. The van der Waals surface area contributed by atoms with Gasteiger partial charge in [-0.15, -0.1) is 0 Å². The van der Waals surface area contributed by atoms with Gasteiger partial charge in [0.2, 0.25) is 0 Å². The van der Waals surface area contributed by atoms with E-state index in [0.717, 1.165) is 16.9 Å². The lowest BCUT2D eigenvalue weighted by molar-refractivity contribution is 0.0762. The first-order valence-electron chi connectivity index (χ1n) is 6.14. The molecular formula is C15H14N2O2. The van der Waals surface area contributed by atoms with Crippen LogP contribution in [0.3, 0.4) is 0 Å². The van der Waals surface area contributed by atoms with E-state index in [0.29, 0.717) is 18.8 Å². The van der Waals surface area contributed by atoms with E-state index in [1.54, 1.807) is 18.2 Å². The van der Waals surface area contributed by atoms with E-state index < -0.39 is 0 Å². The van der Waals surface area contributed by atoms with E-state index in [9.17, 15) is 4.79 Å². The molecule has 4 nitrogen and oxygen atoms in total. The first kappa shape index (κ1) is 11.7. The van der Waals surface area contributed by atoms with Crippen molar-refractivity contribution in [3.05, 3.63) is 59.4 Å². The summed E-state index contributed by atoms with van der Waals surface area (Å²) in [5.41, 5.74) is 2.67. The van der Waals surface area contributed by atoms with Gasteiger partial charge >= 0.3 is 0 Å². The normalized spacial score (nSPS) is 13.5. The molecule has 0 fully saturated rings. The average Bonchev–Trinajstić information content (AvgIpc) is 2.77. The second kappa shape index (κ2) is 4.72. The number of nitrogens with zero attached hydrogens (tertiary/aromatic N) is 2. The number of aromatic nitrogens is 1. The minimum atomic E-state index is 0.00594. The van der Waals surface area contributed by atoms with Crippen LogP contribution in [0.1, 0.15) is 21.6 Å². The van der Waals surface area contributed by atoms with Crippen molar-refractivity contribution in [3.63, 3.8) is 0 Å². The third kappa shape index (κ3) is 2.17. The van der Waals surface area contributed by atoms with Gasteiger partial charge < -0.3 is 9.64 Å². The van der Waals surface area contributed by atoms with E-state index in [2.05, 4.69) is 4.98 Å². The molecule has 1 amide bonds. The number of carbonyl (C=O) groups excluding carboxylic acids is 1. The highest BCUT2D eigenvalue weighted by molar-refractivity contribution is 5.96. The van der Waals surface area contributed by atoms with E-state index in [1.807, 2.05) is 36.4 Å². The summed E-state index contributed by atoms with van der Waals surface area (Å²) in [6, 6.07) is 11.6. The number of pyridine rings is 1. The van der Waals surface area contributed by atoms with Crippen molar-refractivity contribution in [2.45, 2.75) is 13.1 Å². The molecule has 19 heavy (non-hydrogen) atoms. The van der Waals surface area contributed by atoms with Crippen molar-refractivity contribution in [2.24, 2.45) is 0 Å². The Labute approximate surface area is 111 Å². The summed E-state index contributed by atoms with van der Waals surface area (Å²) in [6.07, 6.45) is 1.66. The molecule has 0 atom stereocenters. The fraction of sp³-hybridized carbons (Fsp3) is 0.200. The zero-order valence-corrected chi connectivity index (χ0v) is 10.7. The summed E-state index contributed by atoms with van der Waals surface area (Å²) in [5.74, 6) is 0.827. The van der Waals surface area contributed by atoms with Gasteiger partial charge in [0.05, 0.1) is 7.11 Å². The number of fused-ring (bicyclic) bond motifs is 1. The van der Waals surface area contributed by atoms with Crippen molar-refractivity contribution < 1.29 is 9.53 Å². The molecule has 3 rings (SSSR count). The van der Waals surface area contributed by atoms with Crippen LogP contribution in [-0.2, 0) is 13.1 Å². The summed E-state index contributed by atoms with van der Waals surface area (Å²) in [7, 11) is 1.64. The fourth-order valence-electron chi connectivity index (χ4n) is 2.26. The molecule has 0 radical (unpaired) electrons. The third-order valence-corrected chi connectivity index (χ3v) is 3.27. The van der Waals surface area contributed by atoms with Crippen LogP contribution < -0.4 is 4.74 Å². The lowest BCUT2D eigenvalue weighted by atomic mass is 10.2. The van der Waals surface area contributed by atoms with Gasteiger partial charge in [0.15, 0.2) is 0 Å². The number of ether oxygens (including phenoxy) is 1. The van der Waals surface area contributed by atoms with Crippen molar-refractivity contribution >= 4 is 5.91 Å². The first-order chi connectivity index (χ1) is 9.28. The van der Waals surface area contributed by atoms with E-state index in [4.69, 9.17) is 4.74 Å². The molecule has 0 bridgehead atoms. The molecule has 1 aliphatic rings. The maximum Gasteiger partial charge on any atom is 0.273 e. The highest BCUT2D eigenvalue weighted by Crippen LogP contribution is 2.22. The number of rotatable bonds is 3. The predicted molar refractivity (Wildman–Crippen MR) is 70.8 cm³/mol. The van der Waals surface area contributed by atoms with Crippen molar-refractivity contribution in [1.29, 1.82) is 0 Å². The Morgan fingerprint density at radius 3 is 2.74 bits per heavy atom. The number of hydrogen-bond acceptors (Lipinski definition) is 3. The fourth-order valence-corrected chi connectivity index (χ4v) is 2.26. The quantitative estimate of drug-likeness (QED) is 0.843. The van der Waals surface area contributed by atoms with E-state index >= 15 is 0 Å². The Hall–Kier alpha value is -2.36. The average molecular weight is 254 g/mol. The largest absolute Gasteiger partial charge is 0.497 e. The monoisotopic (exact) mass is 254 g/mol. The Morgan fingerprint density at radius 2 is 2.05 bits per heavy atom. The lowest BCUT2D eigenvalue weighted by Gasteiger charge is -2.15. The van der Waals surface area contributed by atoms with Gasteiger partial charge in [0, 0.05) is 24.8 Å². The molecule has 1 aromatic carbocycles. The SMILES string of the molecule is COc1ccc(CN2Cc3cccnc3C2=O)cc1. The Morgan fingerprint density at radius 1 is 1.26 bits per heavy atom. The number of amides is 1. The predicted octanol–water partition coefficient (Wildman–Crippen LogP) is 2.25. The number of benzene rings is 1. The molecule has 1 aromatic heterocycles. The zero-order chi connectivity index (χ0) is 13.2. The van der Waals surface area contributed by atoms with Gasteiger partial charge in [-0.1, -0.05) is 18.2 Å². The summed E-state index contributed by atoms with van der Waals surface area (Å²) < 4.78 is 5.12. The molecular weight excluding hydrogens is 240 g/mol. The van der Waals surface area contributed by atoms with Crippen molar-refractivity contribution in [1.82, 2.24) is 9.88 Å². The van der Waals surface area contributed by atoms with Crippen molar-refractivity contribution in [3.8, 4) is 5.75 Å². The summed E-state index contributed by atoms with van der Waals surface area (Å²) in [6.45, 7) is 1.23. The second-order valence-corrected chi connectivity index (χ2v) is 4.52. The van der Waals surface area contributed by atoms with Crippen LogP contribution in [0, 0.1) is 0 Å². The van der Waals surface area contributed by atoms with Gasteiger partial charge in [-0.2, -0.15) is 0 Å².